The quantitative estimate of drug-likeness (QED) is 0.317. The second kappa shape index (κ2) is 12.0. The van der Waals surface area contributed by atoms with E-state index in [1.165, 1.54) is 30.2 Å². The fraction of sp³-hybridized carbons (Fsp3) is 0.310. The van der Waals surface area contributed by atoms with Gasteiger partial charge in [-0.25, -0.2) is 0 Å². The van der Waals surface area contributed by atoms with Crippen LogP contribution in [-0.4, -0.2) is 73.9 Å². The third-order valence-electron chi connectivity index (χ3n) is 6.83. The Kier molecular flexibility index (Phi) is 8.46. The van der Waals surface area contributed by atoms with Gasteiger partial charge in [0.15, 0.2) is 5.75 Å². The molecule has 0 saturated carbocycles. The third kappa shape index (κ3) is 6.35. The van der Waals surface area contributed by atoms with Gasteiger partial charge in [0.25, 0.3) is 11.8 Å². The first-order valence-corrected chi connectivity index (χ1v) is 12.6. The summed E-state index contributed by atoms with van der Waals surface area (Å²) in [5.41, 5.74) is 3.15. The lowest BCUT2D eigenvalue weighted by Gasteiger charge is -2.33. The summed E-state index contributed by atoms with van der Waals surface area (Å²) in [5, 5.41) is 11.1. The first-order valence-electron chi connectivity index (χ1n) is 12.6. The molecule has 0 atom stereocenters. The van der Waals surface area contributed by atoms with E-state index in [4.69, 9.17) is 9.47 Å². The summed E-state index contributed by atoms with van der Waals surface area (Å²) in [6, 6.07) is 16.8. The molecule has 4 rings (SSSR count). The number of amides is 2. The monoisotopic (exact) mass is 532 g/mol. The number of anilines is 1. The predicted molar refractivity (Wildman–Crippen MR) is 148 cm³/mol. The molecule has 204 valence electrons. The smallest absolute Gasteiger partial charge is 0.310 e. The number of hydrogen-bond donors (Lipinski definition) is 0. The summed E-state index contributed by atoms with van der Waals surface area (Å²) < 4.78 is 11.1. The molecule has 39 heavy (non-hydrogen) atoms. The zero-order valence-electron chi connectivity index (χ0n) is 22.5. The molecule has 0 spiro atoms. The van der Waals surface area contributed by atoms with Gasteiger partial charge in [-0.05, 0) is 50.4 Å². The molecule has 1 aliphatic rings. The lowest BCUT2D eigenvalue weighted by atomic mass is 10.0. The highest BCUT2D eigenvalue weighted by Crippen LogP contribution is 2.29. The molecule has 10 nitrogen and oxygen atoms in total. The topological polar surface area (TPSA) is 105 Å². The molecule has 3 aromatic rings. The van der Waals surface area contributed by atoms with Crippen molar-refractivity contribution >= 4 is 23.2 Å². The van der Waals surface area contributed by atoms with Crippen LogP contribution in [0, 0.1) is 17.0 Å². The molecule has 0 radical (unpaired) electrons. The van der Waals surface area contributed by atoms with Crippen LogP contribution in [0.25, 0.3) is 0 Å². The van der Waals surface area contributed by atoms with Gasteiger partial charge >= 0.3 is 5.69 Å². The van der Waals surface area contributed by atoms with Crippen molar-refractivity contribution in [3.05, 3.63) is 93.0 Å². The number of likely N-dealkylation sites (N-methyl/N-ethyl adjacent to an activating group) is 1. The Balaban J connectivity index is 1.43. The van der Waals surface area contributed by atoms with Gasteiger partial charge in [0, 0.05) is 67.7 Å². The van der Waals surface area contributed by atoms with E-state index < -0.39 is 4.92 Å². The Morgan fingerprint density at radius 1 is 1.00 bits per heavy atom. The molecular weight excluding hydrogens is 500 g/mol. The van der Waals surface area contributed by atoms with Crippen LogP contribution in [0.3, 0.4) is 0 Å². The highest BCUT2D eigenvalue weighted by molar-refractivity contribution is 6.06. The Hall–Kier alpha value is -4.44. The number of nitro groups is 1. The molecule has 3 aromatic carbocycles. The minimum Gasteiger partial charge on any atom is -0.490 e. The number of piperazine rings is 1. The van der Waals surface area contributed by atoms with Gasteiger partial charge in [0.2, 0.25) is 0 Å². The largest absolute Gasteiger partial charge is 0.490 e. The second-order valence-corrected chi connectivity index (χ2v) is 9.55. The van der Waals surface area contributed by atoms with Gasteiger partial charge < -0.3 is 24.2 Å². The number of rotatable bonds is 8. The molecule has 1 saturated heterocycles. The zero-order valence-corrected chi connectivity index (χ0v) is 22.5. The van der Waals surface area contributed by atoms with Crippen LogP contribution in [0.5, 0.6) is 11.5 Å². The summed E-state index contributed by atoms with van der Waals surface area (Å²) in [5.74, 6) is 0.284. The van der Waals surface area contributed by atoms with Gasteiger partial charge in [-0.1, -0.05) is 17.7 Å². The molecule has 0 aromatic heterocycles. The summed E-state index contributed by atoms with van der Waals surface area (Å²) in [7, 11) is 5.00. The van der Waals surface area contributed by atoms with Gasteiger partial charge in [-0.15, -0.1) is 0 Å². The number of hydrogen-bond acceptors (Lipinski definition) is 7. The van der Waals surface area contributed by atoms with E-state index >= 15 is 0 Å². The summed E-state index contributed by atoms with van der Waals surface area (Å²) in [6.07, 6.45) is 0. The highest BCUT2D eigenvalue weighted by Gasteiger charge is 2.23. The van der Waals surface area contributed by atoms with Crippen LogP contribution in [0.1, 0.15) is 31.8 Å². The molecule has 1 aliphatic heterocycles. The van der Waals surface area contributed by atoms with Crippen LogP contribution in [0.2, 0.25) is 0 Å². The van der Waals surface area contributed by atoms with Crippen molar-refractivity contribution in [2.75, 3.05) is 52.3 Å². The average Bonchev–Trinajstić information content (AvgIpc) is 2.95. The van der Waals surface area contributed by atoms with Crippen molar-refractivity contribution in [1.29, 1.82) is 0 Å². The van der Waals surface area contributed by atoms with Crippen LogP contribution in [-0.2, 0) is 6.61 Å². The number of nitrogens with zero attached hydrogens (tertiary/aromatic N) is 4. The van der Waals surface area contributed by atoms with Crippen molar-refractivity contribution in [3.8, 4) is 11.5 Å². The van der Waals surface area contributed by atoms with Crippen LogP contribution < -0.4 is 14.4 Å². The second-order valence-electron chi connectivity index (χ2n) is 9.55. The minimum atomic E-state index is -0.558. The number of carbonyl (C=O) groups is 2. The van der Waals surface area contributed by atoms with E-state index in [1.54, 1.807) is 31.3 Å². The fourth-order valence-corrected chi connectivity index (χ4v) is 4.39. The highest BCUT2D eigenvalue weighted by atomic mass is 16.6. The van der Waals surface area contributed by atoms with E-state index in [2.05, 4.69) is 11.9 Å². The van der Waals surface area contributed by atoms with Gasteiger partial charge in [-0.3, -0.25) is 19.7 Å². The van der Waals surface area contributed by atoms with Crippen LogP contribution in [0.4, 0.5) is 11.4 Å². The zero-order chi connectivity index (χ0) is 28.1. The summed E-state index contributed by atoms with van der Waals surface area (Å²) >= 11 is 0. The van der Waals surface area contributed by atoms with Crippen LogP contribution >= 0.6 is 0 Å². The summed E-state index contributed by atoms with van der Waals surface area (Å²) in [6.45, 7) is 5.29. The molecule has 0 bridgehead atoms. The molecule has 0 aliphatic carbocycles. The maximum atomic E-state index is 13.3. The number of aryl methyl sites for hydroxylation is 1. The molecule has 1 fully saturated rings. The molecule has 2 amide bonds. The Labute approximate surface area is 227 Å². The van der Waals surface area contributed by atoms with Crippen molar-refractivity contribution in [3.63, 3.8) is 0 Å². The minimum absolute atomic E-state index is 0.0174. The van der Waals surface area contributed by atoms with E-state index in [-0.39, 0.29) is 35.4 Å². The maximum Gasteiger partial charge on any atom is 0.310 e. The summed E-state index contributed by atoms with van der Waals surface area (Å²) in [4.78, 5) is 42.4. The standard InChI is InChI=1S/C29H32N4O6/c1-20-5-6-22(25(17-20)29(35)32-15-13-30(2)14-16-32)19-39-24-10-8-23(9-11-24)31(3)28(34)21-7-12-26(33(36)37)27(18-21)38-4/h5-12,17-18H,13-16,19H2,1-4H3. The number of ether oxygens (including phenoxy) is 2. The van der Waals surface area contributed by atoms with E-state index in [1.807, 2.05) is 30.0 Å². The van der Waals surface area contributed by atoms with E-state index in [9.17, 15) is 19.7 Å². The molecular formula is C29H32N4O6. The van der Waals surface area contributed by atoms with Gasteiger partial charge in [0.05, 0.1) is 12.0 Å². The lowest BCUT2D eigenvalue weighted by Crippen LogP contribution is -2.47. The third-order valence-corrected chi connectivity index (χ3v) is 6.83. The average molecular weight is 533 g/mol. The number of benzene rings is 3. The van der Waals surface area contributed by atoms with Crippen molar-refractivity contribution in [1.82, 2.24) is 9.80 Å². The van der Waals surface area contributed by atoms with Crippen molar-refractivity contribution in [2.24, 2.45) is 0 Å². The van der Waals surface area contributed by atoms with E-state index in [0.717, 1.165) is 24.2 Å². The first kappa shape index (κ1) is 27.6. The molecule has 0 unspecified atom stereocenters. The van der Waals surface area contributed by atoms with Crippen molar-refractivity contribution in [2.45, 2.75) is 13.5 Å². The number of nitro benzene ring substituents is 1. The fourth-order valence-electron chi connectivity index (χ4n) is 4.39. The Bertz CT molecular complexity index is 1370. The molecule has 10 heteroatoms. The SMILES string of the molecule is COc1cc(C(=O)N(C)c2ccc(OCc3ccc(C)cc3C(=O)N3CCN(C)CC3)cc2)ccc1[N+](=O)[O-]. The first-order chi connectivity index (χ1) is 18.7. The van der Waals surface area contributed by atoms with E-state index in [0.29, 0.717) is 30.1 Å². The number of methoxy groups -OCH3 is 1. The Morgan fingerprint density at radius 3 is 2.33 bits per heavy atom. The maximum absolute atomic E-state index is 13.3. The van der Waals surface area contributed by atoms with Gasteiger partial charge in [0.1, 0.15) is 12.4 Å². The lowest BCUT2D eigenvalue weighted by molar-refractivity contribution is -0.385. The predicted octanol–water partition coefficient (Wildman–Crippen LogP) is 4.16. The molecule has 0 N–H and O–H groups in total. The van der Waals surface area contributed by atoms with Crippen LogP contribution in [0.15, 0.2) is 60.7 Å². The van der Waals surface area contributed by atoms with Crippen molar-refractivity contribution < 1.29 is 24.0 Å². The van der Waals surface area contributed by atoms with Gasteiger partial charge in [-0.2, -0.15) is 0 Å². The molecule has 1 heterocycles. The normalized spacial score (nSPS) is 13.6. The number of carbonyl (C=O) groups excluding carboxylic acids is 2. The Morgan fingerprint density at radius 2 is 1.69 bits per heavy atom.